The number of amides is 1. The van der Waals surface area contributed by atoms with Crippen LogP contribution in [0.4, 0.5) is 17.1 Å². The minimum absolute atomic E-state index is 0.00111. The third-order valence-electron chi connectivity index (χ3n) is 2.92. The minimum Gasteiger partial charge on any atom is -0.384 e. The van der Waals surface area contributed by atoms with Gasteiger partial charge in [0, 0.05) is 30.9 Å². The van der Waals surface area contributed by atoms with Gasteiger partial charge in [-0.3, -0.25) is 14.9 Å². The van der Waals surface area contributed by atoms with Gasteiger partial charge in [0.1, 0.15) is 5.69 Å². The van der Waals surface area contributed by atoms with E-state index in [9.17, 15) is 14.9 Å². The topological polar surface area (TPSA) is 102 Å². The Hall–Kier alpha value is -2.31. The van der Waals surface area contributed by atoms with E-state index in [4.69, 9.17) is 5.73 Å². The van der Waals surface area contributed by atoms with Crippen molar-refractivity contribution in [3.05, 3.63) is 27.8 Å². The number of nitro benzene ring substituents is 1. The Bertz CT molecular complexity index is 515. The summed E-state index contributed by atoms with van der Waals surface area (Å²) < 4.78 is 0. The molecule has 0 radical (unpaired) electrons. The van der Waals surface area contributed by atoms with Gasteiger partial charge in [0.2, 0.25) is 5.91 Å². The van der Waals surface area contributed by atoms with E-state index in [2.05, 4.69) is 5.32 Å². The van der Waals surface area contributed by atoms with Crippen LogP contribution in [0.1, 0.15) is 5.56 Å². The van der Waals surface area contributed by atoms with Crippen LogP contribution in [0.5, 0.6) is 0 Å². The van der Waals surface area contributed by atoms with Crippen molar-refractivity contribution in [2.24, 2.45) is 5.73 Å². The van der Waals surface area contributed by atoms with Crippen LogP contribution in [-0.2, 0) is 11.2 Å². The van der Waals surface area contributed by atoms with Crippen LogP contribution in [-0.4, -0.2) is 31.0 Å². The van der Waals surface area contributed by atoms with Gasteiger partial charge in [-0.25, -0.2) is 0 Å². The Morgan fingerprint density at radius 3 is 2.94 bits per heavy atom. The number of benzene rings is 1. The summed E-state index contributed by atoms with van der Waals surface area (Å²) in [4.78, 5) is 23.1. The summed E-state index contributed by atoms with van der Waals surface area (Å²) in [6.45, 7) is 0.700. The average Bonchev–Trinajstić information content (AvgIpc) is 2.73. The van der Waals surface area contributed by atoms with Crippen LogP contribution in [0.2, 0.25) is 0 Å². The highest BCUT2D eigenvalue weighted by atomic mass is 16.6. The SMILES string of the molecule is CN(CC(N)=O)c1c([N+](=O)[O-])ccc2c1CCN2. The maximum Gasteiger partial charge on any atom is 0.292 e. The van der Waals surface area contributed by atoms with Gasteiger partial charge in [-0.05, 0) is 12.5 Å². The van der Waals surface area contributed by atoms with Crippen LogP contribution in [0.25, 0.3) is 0 Å². The van der Waals surface area contributed by atoms with Crippen LogP contribution in [0.3, 0.4) is 0 Å². The smallest absolute Gasteiger partial charge is 0.292 e. The van der Waals surface area contributed by atoms with E-state index in [-0.39, 0.29) is 12.2 Å². The molecule has 0 saturated carbocycles. The van der Waals surface area contributed by atoms with Gasteiger partial charge < -0.3 is 16.0 Å². The fourth-order valence-corrected chi connectivity index (χ4v) is 2.25. The number of carbonyl (C=O) groups excluding carboxylic acids is 1. The number of fused-ring (bicyclic) bond motifs is 1. The summed E-state index contributed by atoms with van der Waals surface area (Å²) in [6.07, 6.45) is 0.704. The molecule has 0 atom stereocenters. The molecule has 7 heteroatoms. The monoisotopic (exact) mass is 250 g/mol. The highest BCUT2D eigenvalue weighted by molar-refractivity contribution is 5.84. The van der Waals surface area contributed by atoms with Gasteiger partial charge in [-0.1, -0.05) is 0 Å². The fraction of sp³-hybridized carbons (Fsp3) is 0.364. The van der Waals surface area contributed by atoms with Crippen LogP contribution in [0, 0.1) is 10.1 Å². The second kappa shape index (κ2) is 4.52. The maximum atomic E-state index is 11.1. The quantitative estimate of drug-likeness (QED) is 0.598. The second-order valence-corrected chi connectivity index (χ2v) is 4.22. The van der Waals surface area contributed by atoms with Crippen molar-refractivity contribution in [2.75, 3.05) is 30.4 Å². The van der Waals surface area contributed by atoms with Crippen molar-refractivity contribution in [3.8, 4) is 0 Å². The number of nitrogens with one attached hydrogen (secondary N) is 1. The average molecular weight is 250 g/mol. The molecule has 0 fully saturated rings. The van der Waals surface area contributed by atoms with E-state index in [0.29, 0.717) is 12.1 Å². The van der Waals surface area contributed by atoms with Gasteiger partial charge in [-0.15, -0.1) is 0 Å². The van der Waals surface area contributed by atoms with Crippen LogP contribution < -0.4 is 16.0 Å². The molecule has 3 N–H and O–H groups in total. The highest BCUT2D eigenvalue weighted by Crippen LogP contribution is 2.38. The summed E-state index contributed by atoms with van der Waals surface area (Å²) in [5.41, 5.74) is 7.36. The molecule has 1 aliphatic heterocycles. The van der Waals surface area contributed by atoms with Crippen molar-refractivity contribution < 1.29 is 9.72 Å². The normalized spacial score (nSPS) is 12.7. The molecule has 0 bridgehead atoms. The van der Waals surface area contributed by atoms with Gasteiger partial charge in [0.15, 0.2) is 0 Å². The lowest BCUT2D eigenvalue weighted by Gasteiger charge is -2.20. The molecule has 0 saturated heterocycles. The maximum absolute atomic E-state index is 11.1. The zero-order valence-electron chi connectivity index (χ0n) is 9.97. The summed E-state index contributed by atoms with van der Waals surface area (Å²) in [6, 6.07) is 3.14. The molecule has 1 aromatic carbocycles. The van der Waals surface area contributed by atoms with E-state index in [1.807, 2.05) is 0 Å². The molecule has 1 aliphatic rings. The number of hydrogen-bond donors (Lipinski definition) is 2. The van der Waals surface area contributed by atoms with Crippen LogP contribution in [0.15, 0.2) is 12.1 Å². The lowest BCUT2D eigenvalue weighted by Crippen LogP contribution is -2.31. The third-order valence-corrected chi connectivity index (χ3v) is 2.92. The third kappa shape index (κ3) is 2.06. The molecule has 2 rings (SSSR count). The molecule has 1 amide bonds. The molecule has 1 aromatic rings. The van der Waals surface area contributed by atoms with Crippen molar-refractivity contribution in [2.45, 2.75) is 6.42 Å². The zero-order chi connectivity index (χ0) is 13.3. The molecule has 0 unspecified atom stereocenters. The first-order valence-corrected chi connectivity index (χ1v) is 5.54. The highest BCUT2D eigenvalue weighted by Gasteiger charge is 2.26. The summed E-state index contributed by atoms with van der Waals surface area (Å²) in [5.74, 6) is -0.518. The van der Waals surface area contributed by atoms with Gasteiger partial charge in [0.25, 0.3) is 5.69 Å². The van der Waals surface area contributed by atoms with Crippen molar-refractivity contribution in [1.29, 1.82) is 0 Å². The lowest BCUT2D eigenvalue weighted by molar-refractivity contribution is -0.384. The van der Waals surface area contributed by atoms with Crippen LogP contribution >= 0.6 is 0 Å². The van der Waals surface area contributed by atoms with E-state index in [1.54, 1.807) is 13.1 Å². The molecule has 0 aliphatic carbocycles. The largest absolute Gasteiger partial charge is 0.384 e. The first kappa shape index (κ1) is 12.2. The Morgan fingerprint density at radius 2 is 2.33 bits per heavy atom. The summed E-state index contributed by atoms with van der Waals surface area (Å²) in [5, 5.41) is 14.2. The van der Waals surface area contributed by atoms with E-state index in [0.717, 1.165) is 17.8 Å². The Labute approximate surface area is 104 Å². The van der Waals surface area contributed by atoms with Crippen molar-refractivity contribution in [1.82, 2.24) is 0 Å². The van der Waals surface area contributed by atoms with E-state index < -0.39 is 10.8 Å². The van der Waals surface area contributed by atoms with E-state index in [1.165, 1.54) is 11.0 Å². The summed E-state index contributed by atoms with van der Waals surface area (Å²) >= 11 is 0. The summed E-state index contributed by atoms with van der Waals surface area (Å²) in [7, 11) is 1.63. The molecule has 7 nitrogen and oxygen atoms in total. The molecule has 96 valence electrons. The van der Waals surface area contributed by atoms with Crippen molar-refractivity contribution in [3.63, 3.8) is 0 Å². The predicted molar refractivity (Wildman–Crippen MR) is 67.8 cm³/mol. The molecular weight excluding hydrogens is 236 g/mol. The lowest BCUT2D eigenvalue weighted by atomic mass is 10.1. The van der Waals surface area contributed by atoms with Gasteiger partial charge >= 0.3 is 0 Å². The predicted octanol–water partition coefficient (Wildman–Crippen LogP) is 0.484. The number of hydrogen-bond acceptors (Lipinski definition) is 5. The number of nitrogens with two attached hydrogens (primary N) is 1. The first-order valence-electron chi connectivity index (χ1n) is 5.54. The standard InChI is InChI=1S/C11H14N4O3/c1-14(6-10(12)16)11-7-4-5-13-8(7)2-3-9(11)15(17)18/h2-3,13H,4-6H2,1H3,(H2,12,16). The molecule has 1 heterocycles. The number of likely N-dealkylation sites (N-methyl/N-ethyl adjacent to an activating group) is 1. The number of carbonyl (C=O) groups is 1. The number of rotatable bonds is 4. The Balaban J connectivity index is 2.51. The molecule has 18 heavy (non-hydrogen) atoms. The molecule has 0 spiro atoms. The zero-order valence-corrected chi connectivity index (χ0v) is 9.97. The second-order valence-electron chi connectivity index (χ2n) is 4.22. The minimum atomic E-state index is -0.518. The van der Waals surface area contributed by atoms with E-state index >= 15 is 0 Å². The molecular formula is C11H14N4O3. The first-order chi connectivity index (χ1) is 8.50. The fourth-order valence-electron chi connectivity index (χ4n) is 2.25. The number of nitrogens with zero attached hydrogens (tertiary/aromatic N) is 2. The van der Waals surface area contributed by atoms with Crippen molar-refractivity contribution >= 4 is 23.0 Å². The van der Waals surface area contributed by atoms with Gasteiger partial charge in [-0.2, -0.15) is 0 Å². The number of primary amides is 1. The number of nitro groups is 1. The Kier molecular flexibility index (Phi) is 3.05. The Morgan fingerprint density at radius 1 is 1.61 bits per heavy atom. The van der Waals surface area contributed by atoms with Gasteiger partial charge in [0.05, 0.1) is 11.5 Å². The molecule has 0 aromatic heterocycles. The number of anilines is 2.